The Morgan fingerprint density at radius 2 is 1.85 bits per heavy atom. The number of thiocarbonyl (C=S) groups is 1. The first-order valence-corrected chi connectivity index (χ1v) is 16.8. The maximum Gasteiger partial charge on any atom is 0.270 e. The van der Waals surface area contributed by atoms with Crippen molar-refractivity contribution in [2.45, 2.75) is 45.8 Å². The van der Waals surface area contributed by atoms with Gasteiger partial charge in [0.05, 0.1) is 22.5 Å². The van der Waals surface area contributed by atoms with Crippen LogP contribution in [0.15, 0.2) is 40.0 Å². The van der Waals surface area contributed by atoms with Crippen LogP contribution in [0.5, 0.6) is 0 Å². The highest BCUT2D eigenvalue weighted by atomic mass is 32.2. The second-order valence-electron chi connectivity index (χ2n) is 10.7. The van der Waals surface area contributed by atoms with E-state index in [1.807, 2.05) is 25.1 Å². The molecule has 3 aliphatic rings. The molecule has 5 rings (SSSR count). The fourth-order valence-electron chi connectivity index (χ4n) is 5.78. The van der Waals surface area contributed by atoms with Gasteiger partial charge in [-0.05, 0) is 37.0 Å². The van der Waals surface area contributed by atoms with Gasteiger partial charge in [0.2, 0.25) is 0 Å². The van der Waals surface area contributed by atoms with Crippen molar-refractivity contribution >= 4 is 55.9 Å². The summed E-state index contributed by atoms with van der Waals surface area (Å²) < 4.78 is 26.2. The molecule has 216 valence electrons. The molecule has 4 heterocycles. The lowest BCUT2D eigenvalue weighted by atomic mass is 10.0. The van der Waals surface area contributed by atoms with Crippen molar-refractivity contribution in [1.29, 1.82) is 5.26 Å². The predicted octanol–water partition coefficient (Wildman–Crippen LogP) is 3.15. The number of anilines is 1. The molecule has 3 aliphatic heterocycles. The van der Waals surface area contributed by atoms with Crippen molar-refractivity contribution in [1.82, 2.24) is 14.4 Å². The van der Waals surface area contributed by atoms with Crippen LogP contribution >= 0.6 is 24.0 Å². The van der Waals surface area contributed by atoms with E-state index in [0.29, 0.717) is 58.6 Å². The van der Waals surface area contributed by atoms with Crippen molar-refractivity contribution in [3.05, 3.63) is 67.8 Å². The van der Waals surface area contributed by atoms with E-state index >= 15 is 0 Å². The summed E-state index contributed by atoms with van der Waals surface area (Å²) in [6.07, 6.45) is 2.81. The maximum atomic E-state index is 13.6. The minimum absolute atomic E-state index is 0.0425. The monoisotopic (exact) mass is 611 g/mol. The minimum Gasteiger partial charge on any atom is -0.355 e. The molecule has 41 heavy (non-hydrogen) atoms. The van der Waals surface area contributed by atoms with Crippen LogP contribution in [0.1, 0.15) is 42.0 Å². The molecule has 2 aromatic rings. The summed E-state index contributed by atoms with van der Waals surface area (Å²) in [4.78, 5) is 33.4. The molecule has 3 fully saturated rings. The minimum atomic E-state index is -3.20. The Kier molecular flexibility index (Phi) is 8.70. The van der Waals surface area contributed by atoms with Gasteiger partial charge in [0.25, 0.3) is 11.5 Å². The molecule has 1 unspecified atom stereocenters. The molecule has 0 saturated carbocycles. The lowest BCUT2D eigenvalue weighted by molar-refractivity contribution is -0.123. The summed E-state index contributed by atoms with van der Waals surface area (Å²) in [6, 6.07) is 11.9. The number of pyridine rings is 1. The Labute approximate surface area is 250 Å². The molecule has 1 aromatic heterocycles. The number of nitriles is 1. The summed E-state index contributed by atoms with van der Waals surface area (Å²) >= 11 is 6.67. The topological polar surface area (TPSA) is 107 Å². The normalized spacial score (nSPS) is 22.1. The van der Waals surface area contributed by atoms with Crippen LogP contribution in [-0.2, 0) is 27.7 Å². The average Bonchev–Trinajstić information content (AvgIpc) is 3.44. The second-order valence-corrected chi connectivity index (χ2v) is 14.6. The van der Waals surface area contributed by atoms with E-state index in [2.05, 4.69) is 28.0 Å². The number of amides is 1. The lowest BCUT2D eigenvalue weighted by Gasteiger charge is -2.38. The Morgan fingerprint density at radius 1 is 1.15 bits per heavy atom. The lowest BCUT2D eigenvalue weighted by Crippen LogP contribution is -2.48. The van der Waals surface area contributed by atoms with Crippen molar-refractivity contribution in [2.75, 3.05) is 42.6 Å². The number of thioether (sulfide) groups is 1. The number of piperazine rings is 1. The molecular weight excluding hydrogens is 579 g/mol. The number of aromatic nitrogens is 1. The fraction of sp³-hybridized carbons (Fsp3) is 0.448. The number of carbonyl (C=O) groups excluding carboxylic acids is 1. The zero-order chi connectivity index (χ0) is 29.3. The third kappa shape index (κ3) is 6.00. The standard InChI is InChI=1S/C29H33N5O4S3/c1-3-10-33-26(32-13-11-31(12-14-32)18-21-7-5-4-6-8-21)23(20(2)24(17-30)27(33)35)16-25-28(36)34(29(39)40-25)22-9-15-41(37,38)19-22/h4-8,16,22H,3,9-15,18-19H2,1-2H3/b25-16+. The van der Waals surface area contributed by atoms with E-state index in [1.165, 1.54) is 10.5 Å². The van der Waals surface area contributed by atoms with Gasteiger partial charge in [-0.15, -0.1) is 0 Å². The number of benzene rings is 1. The van der Waals surface area contributed by atoms with Gasteiger partial charge in [-0.1, -0.05) is 61.2 Å². The summed E-state index contributed by atoms with van der Waals surface area (Å²) in [5, 5.41) is 9.92. The van der Waals surface area contributed by atoms with Crippen LogP contribution in [0, 0.1) is 18.3 Å². The molecule has 1 aromatic carbocycles. The molecule has 0 radical (unpaired) electrons. The average molecular weight is 612 g/mol. The first kappa shape index (κ1) is 29.5. The first-order valence-electron chi connectivity index (χ1n) is 13.8. The summed E-state index contributed by atoms with van der Waals surface area (Å²) in [7, 11) is -3.20. The van der Waals surface area contributed by atoms with Crippen molar-refractivity contribution in [2.24, 2.45) is 0 Å². The summed E-state index contributed by atoms with van der Waals surface area (Å²) in [5.41, 5.74) is 2.17. The Morgan fingerprint density at radius 3 is 2.46 bits per heavy atom. The van der Waals surface area contributed by atoms with Crippen molar-refractivity contribution in [3.63, 3.8) is 0 Å². The molecule has 0 N–H and O–H groups in total. The third-order valence-electron chi connectivity index (χ3n) is 7.89. The van der Waals surface area contributed by atoms with Crippen LogP contribution in [0.3, 0.4) is 0 Å². The van der Waals surface area contributed by atoms with E-state index in [0.717, 1.165) is 31.4 Å². The smallest absolute Gasteiger partial charge is 0.270 e. The van der Waals surface area contributed by atoms with Crippen LogP contribution < -0.4 is 10.5 Å². The number of hydrogen-bond donors (Lipinski definition) is 0. The zero-order valence-electron chi connectivity index (χ0n) is 23.2. The van der Waals surface area contributed by atoms with E-state index in [-0.39, 0.29) is 28.5 Å². The molecule has 9 nitrogen and oxygen atoms in total. The molecule has 0 spiro atoms. The van der Waals surface area contributed by atoms with Gasteiger partial charge in [0, 0.05) is 44.8 Å². The quantitative estimate of drug-likeness (QED) is 0.345. The number of carbonyl (C=O) groups is 1. The maximum absolute atomic E-state index is 13.6. The van der Waals surface area contributed by atoms with Gasteiger partial charge in [0.1, 0.15) is 21.8 Å². The van der Waals surface area contributed by atoms with Gasteiger partial charge in [-0.2, -0.15) is 5.26 Å². The molecule has 1 amide bonds. The molecular formula is C29H33N5O4S3. The van der Waals surface area contributed by atoms with Gasteiger partial charge in [-0.25, -0.2) is 8.42 Å². The van der Waals surface area contributed by atoms with E-state index in [4.69, 9.17) is 12.2 Å². The predicted molar refractivity (Wildman–Crippen MR) is 166 cm³/mol. The molecule has 3 saturated heterocycles. The second kappa shape index (κ2) is 12.1. The van der Waals surface area contributed by atoms with Crippen LogP contribution in [0.2, 0.25) is 0 Å². The van der Waals surface area contributed by atoms with E-state index < -0.39 is 15.9 Å². The third-order valence-corrected chi connectivity index (χ3v) is 11.0. The molecule has 0 bridgehead atoms. The number of nitrogens with zero attached hydrogens (tertiary/aromatic N) is 5. The van der Waals surface area contributed by atoms with E-state index in [1.54, 1.807) is 17.6 Å². The van der Waals surface area contributed by atoms with E-state index in [9.17, 15) is 23.3 Å². The van der Waals surface area contributed by atoms with Crippen molar-refractivity contribution < 1.29 is 13.2 Å². The highest BCUT2D eigenvalue weighted by Gasteiger charge is 2.42. The first-order chi connectivity index (χ1) is 19.6. The van der Waals surface area contributed by atoms with Gasteiger partial charge in [0.15, 0.2) is 9.84 Å². The van der Waals surface area contributed by atoms with Crippen LogP contribution in [-0.4, -0.2) is 76.7 Å². The van der Waals surface area contributed by atoms with Crippen molar-refractivity contribution in [3.8, 4) is 6.07 Å². The highest BCUT2D eigenvalue weighted by molar-refractivity contribution is 8.26. The Balaban J connectivity index is 1.51. The molecule has 0 aliphatic carbocycles. The number of rotatable bonds is 7. The zero-order valence-corrected chi connectivity index (χ0v) is 25.7. The highest BCUT2D eigenvalue weighted by Crippen LogP contribution is 2.38. The van der Waals surface area contributed by atoms with Crippen LogP contribution in [0.4, 0.5) is 5.82 Å². The van der Waals surface area contributed by atoms with Gasteiger partial charge in [-0.3, -0.25) is 24.0 Å². The summed E-state index contributed by atoms with van der Waals surface area (Å²) in [5.74, 6) is 0.332. The Hall–Kier alpha value is -2.98. The molecule has 1 atom stereocenters. The largest absolute Gasteiger partial charge is 0.355 e. The SMILES string of the molecule is CCCn1c(N2CCN(Cc3ccccc3)CC2)c(/C=C2/SC(=S)N(C3CCS(=O)(=O)C3)C2=O)c(C)c(C#N)c1=O. The van der Waals surface area contributed by atoms with Gasteiger partial charge >= 0.3 is 0 Å². The number of hydrogen-bond acceptors (Lipinski definition) is 9. The molecule has 12 heteroatoms. The van der Waals surface area contributed by atoms with Gasteiger partial charge < -0.3 is 4.90 Å². The summed E-state index contributed by atoms with van der Waals surface area (Å²) in [6.45, 7) is 7.98. The Bertz CT molecular complexity index is 1600. The van der Waals surface area contributed by atoms with Crippen LogP contribution in [0.25, 0.3) is 6.08 Å². The fourth-order valence-corrected chi connectivity index (χ4v) is 8.86. The number of sulfone groups is 1.